The van der Waals surface area contributed by atoms with Crippen molar-refractivity contribution >= 4 is 11.6 Å². The van der Waals surface area contributed by atoms with Crippen LogP contribution in [0.5, 0.6) is 0 Å². The number of rotatable bonds is 4. The molecule has 0 aliphatic rings. The Balaban J connectivity index is 2.14. The Morgan fingerprint density at radius 1 is 1.36 bits per heavy atom. The van der Waals surface area contributed by atoms with Crippen LogP contribution in [0.3, 0.4) is 0 Å². The molecule has 2 heterocycles. The third-order valence-corrected chi connectivity index (χ3v) is 3.68. The van der Waals surface area contributed by atoms with Crippen LogP contribution in [0.15, 0.2) is 48.8 Å². The molecule has 0 amide bonds. The molecule has 112 valence electrons. The molecule has 0 radical (unpaired) electrons. The summed E-state index contributed by atoms with van der Waals surface area (Å²) in [6.45, 7) is 1.97. The van der Waals surface area contributed by atoms with E-state index in [0.717, 1.165) is 16.9 Å². The number of hydrogen-bond acceptors (Lipinski definition) is 2. The number of carbonyl (C=O) groups is 1. The summed E-state index contributed by atoms with van der Waals surface area (Å²) < 4.78 is 15.4. The van der Waals surface area contributed by atoms with Crippen molar-refractivity contribution in [3.05, 3.63) is 71.4 Å². The van der Waals surface area contributed by atoms with Gasteiger partial charge in [-0.05, 0) is 42.3 Å². The van der Waals surface area contributed by atoms with E-state index >= 15 is 0 Å². The van der Waals surface area contributed by atoms with Gasteiger partial charge in [0.25, 0.3) is 0 Å². The van der Waals surface area contributed by atoms with E-state index in [1.807, 2.05) is 29.7 Å². The van der Waals surface area contributed by atoms with Gasteiger partial charge in [0, 0.05) is 18.3 Å². The minimum absolute atomic E-state index is 0.120. The van der Waals surface area contributed by atoms with E-state index in [1.54, 1.807) is 18.3 Å². The monoisotopic (exact) mass is 298 g/mol. The lowest BCUT2D eigenvalue weighted by Crippen LogP contribution is -2.10. The minimum Gasteiger partial charge on any atom is -0.481 e. The maximum Gasteiger partial charge on any atom is 0.304 e. The van der Waals surface area contributed by atoms with Gasteiger partial charge in [-0.15, -0.1) is 0 Å². The lowest BCUT2D eigenvalue weighted by molar-refractivity contribution is -0.137. The molecular formula is C17H15FN2O2. The van der Waals surface area contributed by atoms with E-state index < -0.39 is 11.9 Å². The highest BCUT2D eigenvalue weighted by molar-refractivity contribution is 5.69. The molecule has 0 aliphatic heterocycles. The smallest absolute Gasteiger partial charge is 0.304 e. The fourth-order valence-corrected chi connectivity index (χ4v) is 2.65. The SMILES string of the molecule is Cc1ccn2c(C(CC(=O)O)c3cccc(F)c3)cnc2c1. The summed E-state index contributed by atoms with van der Waals surface area (Å²) in [5.41, 5.74) is 3.19. The van der Waals surface area contributed by atoms with Crippen molar-refractivity contribution < 1.29 is 14.3 Å². The van der Waals surface area contributed by atoms with E-state index in [1.165, 1.54) is 12.1 Å². The van der Waals surface area contributed by atoms with Crippen LogP contribution >= 0.6 is 0 Å². The Kier molecular flexibility index (Phi) is 3.63. The normalized spacial score (nSPS) is 12.5. The van der Waals surface area contributed by atoms with Crippen molar-refractivity contribution in [2.24, 2.45) is 0 Å². The van der Waals surface area contributed by atoms with Gasteiger partial charge < -0.3 is 9.51 Å². The van der Waals surface area contributed by atoms with Crippen LogP contribution < -0.4 is 0 Å². The zero-order chi connectivity index (χ0) is 15.7. The van der Waals surface area contributed by atoms with Crippen LogP contribution in [-0.2, 0) is 4.79 Å². The van der Waals surface area contributed by atoms with Crippen molar-refractivity contribution in [2.75, 3.05) is 0 Å². The maximum absolute atomic E-state index is 13.5. The summed E-state index contributed by atoms with van der Waals surface area (Å²) in [5.74, 6) is -1.76. The van der Waals surface area contributed by atoms with Crippen LogP contribution in [-0.4, -0.2) is 20.5 Å². The number of imidazole rings is 1. The number of aliphatic carboxylic acids is 1. The number of aryl methyl sites for hydroxylation is 1. The highest BCUT2D eigenvalue weighted by atomic mass is 19.1. The number of carboxylic acids is 1. The van der Waals surface area contributed by atoms with Crippen LogP contribution in [0.25, 0.3) is 5.65 Å². The maximum atomic E-state index is 13.5. The number of hydrogen-bond donors (Lipinski definition) is 1. The van der Waals surface area contributed by atoms with Gasteiger partial charge in [0.05, 0.1) is 12.1 Å². The van der Waals surface area contributed by atoms with Crippen LogP contribution in [0.1, 0.15) is 29.2 Å². The molecule has 1 unspecified atom stereocenters. The second-order valence-corrected chi connectivity index (χ2v) is 5.32. The van der Waals surface area contributed by atoms with Gasteiger partial charge in [-0.25, -0.2) is 9.37 Å². The van der Waals surface area contributed by atoms with E-state index in [0.29, 0.717) is 5.56 Å². The molecule has 0 bridgehead atoms. The lowest BCUT2D eigenvalue weighted by atomic mass is 9.92. The fraction of sp³-hybridized carbons (Fsp3) is 0.176. The number of halogens is 1. The zero-order valence-corrected chi connectivity index (χ0v) is 12.0. The van der Waals surface area contributed by atoms with Gasteiger partial charge in [0.15, 0.2) is 0 Å². The van der Waals surface area contributed by atoms with Crippen molar-refractivity contribution in [2.45, 2.75) is 19.3 Å². The molecule has 1 aromatic carbocycles. The first kappa shape index (κ1) is 14.3. The van der Waals surface area contributed by atoms with Crippen molar-refractivity contribution in [1.29, 1.82) is 0 Å². The summed E-state index contributed by atoms with van der Waals surface area (Å²) in [4.78, 5) is 15.6. The molecule has 4 nitrogen and oxygen atoms in total. The molecule has 0 saturated heterocycles. The summed E-state index contributed by atoms with van der Waals surface area (Å²) >= 11 is 0. The Morgan fingerprint density at radius 2 is 2.18 bits per heavy atom. The fourth-order valence-electron chi connectivity index (χ4n) is 2.65. The topological polar surface area (TPSA) is 54.6 Å². The van der Waals surface area contributed by atoms with Crippen LogP contribution in [0.4, 0.5) is 4.39 Å². The Morgan fingerprint density at radius 3 is 2.91 bits per heavy atom. The van der Waals surface area contributed by atoms with Crippen LogP contribution in [0.2, 0.25) is 0 Å². The predicted molar refractivity (Wildman–Crippen MR) is 80.4 cm³/mol. The highest BCUT2D eigenvalue weighted by Crippen LogP contribution is 2.29. The van der Waals surface area contributed by atoms with Crippen LogP contribution in [0, 0.1) is 12.7 Å². The number of fused-ring (bicyclic) bond motifs is 1. The van der Waals surface area contributed by atoms with Crippen molar-refractivity contribution in [1.82, 2.24) is 9.38 Å². The number of nitrogens with zero attached hydrogens (tertiary/aromatic N) is 2. The largest absolute Gasteiger partial charge is 0.481 e. The molecule has 1 N–H and O–H groups in total. The number of carboxylic acid groups (broad SMARTS) is 1. The summed E-state index contributed by atoms with van der Waals surface area (Å²) in [5, 5.41) is 9.21. The lowest BCUT2D eigenvalue weighted by Gasteiger charge is -2.15. The molecule has 5 heteroatoms. The van der Waals surface area contributed by atoms with E-state index in [-0.39, 0.29) is 12.2 Å². The third-order valence-electron chi connectivity index (χ3n) is 3.68. The number of pyridine rings is 1. The minimum atomic E-state index is -0.934. The van der Waals surface area contributed by atoms with Gasteiger partial charge in [-0.3, -0.25) is 4.79 Å². The first-order valence-corrected chi connectivity index (χ1v) is 6.95. The molecule has 3 aromatic rings. The van der Waals surface area contributed by atoms with Gasteiger partial charge in [0.2, 0.25) is 0 Å². The molecular weight excluding hydrogens is 283 g/mol. The molecule has 2 aromatic heterocycles. The second kappa shape index (κ2) is 5.60. The molecule has 0 aliphatic carbocycles. The Bertz CT molecular complexity index is 842. The standard InChI is InChI=1S/C17H15FN2O2/c1-11-5-6-20-15(10-19-16(20)7-11)14(9-17(21)22)12-3-2-4-13(18)8-12/h2-8,10,14H,9H2,1H3,(H,21,22). The number of aromatic nitrogens is 2. The van der Waals surface area contributed by atoms with E-state index in [4.69, 9.17) is 0 Å². The van der Waals surface area contributed by atoms with E-state index in [9.17, 15) is 14.3 Å². The van der Waals surface area contributed by atoms with Gasteiger partial charge in [0.1, 0.15) is 11.5 Å². The quantitative estimate of drug-likeness (QED) is 0.803. The van der Waals surface area contributed by atoms with Crippen molar-refractivity contribution in [3.63, 3.8) is 0 Å². The Labute approximate surface area is 126 Å². The molecule has 3 rings (SSSR count). The molecule has 0 saturated carbocycles. The average molecular weight is 298 g/mol. The predicted octanol–water partition coefficient (Wildman–Crippen LogP) is 3.39. The van der Waals surface area contributed by atoms with Gasteiger partial charge in [-0.1, -0.05) is 12.1 Å². The average Bonchev–Trinajstić information content (AvgIpc) is 2.87. The molecule has 22 heavy (non-hydrogen) atoms. The van der Waals surface area contributed by atoms with Crippen molar-refractivity contribution in [3.8, 4) is 0 Å². The Hall–Kier alpha value is -2.69. The first-order valence-electron chi connectivity index (χ1n) is 6.95. The summed E-state index contributed by atoms with van der Waals surface area (Å²) in [6.07, 6.45) is 3.40. The van der Waals surface area contributed by atoms with Gasteiger partial charge >= 0.3 is 5.97 Å². The second-order valence-electron chi connectivity index (χ2n) is 5.32. The molecule has 0 fully saturated rings. The van der Waals surface area contributed by atoms with Gasteiger partial charge in [-0.2, -0.15) is 0 Å². The zero-order valence-electron chi connectivity index (χ0n) is 12.0. The summed E-state index contributed by atoms with van der Waals surface area (Å²) in [6, 6.07) is 9.91. The van der Waals surface area contributed by atoms with E-state index in [2.05, 4.69) is 4.98 Å². The first-order chi connectivity index (χ1) is 10.5. The molecule has 0 spiro atoms. The number of benzene rings is 1. The summed E-state index contributed by atoms with van der Waals surface area (Å²) in [7, 11) is 0. The third kappa shape index (κ3) is 2.70. The molecule has 1 atom stereocenters. The highest BCUT2D eigenvalue weighted by Gasteiger charge is 2.22.